The molecule has 3 nitrogen and oxygen atoms in total. The largest absolute Gasteiger partial charge is 0.324 e. The first-order chi connectivity index (χ1) is 15.8. The van der Waals surface area contributed by atoms with Gasteiger partial charge in [-0.25, -0.2) is 9.98 Å². The third-order valence-electron chi connectivity index (χ3n) is 7.89. The van der Waals surface area contributed by atoms with Crippen molar-refractivity contribution in [3.8, 4) is 0 Å². The van der Waals surface area contributed by atoms with Gasteiger partial charge in [0, 0.05) is 11.1 Å². The van der Waals surface area contributed by atoms with Crippen LogP contribution in [0.15, 0.2) is 94.9 Å². The van der Waals surface area contributed by atoms with Crippen molar-refractivity contribution in [2.45, 2.75) is 46.5 Å². The maximum atomic E-state index is 4.99. The molecule has 2 heterocycles. The smallest absolute Gasteiger partial charge is 0.176 e. The maximum absolute atomic E-state index is 4.99. The maximum Gasteiger partial charge on any atom is 0.176 e. The molecule has 4 heteroatoms. The fraction of sp³-hybridized carbons (Fsp3) is 0.310. The third-order valence-corrected chi connectivity index (χ3v) is 7.89. The van der Waals surface area contributed by atoms with Crippen molar-refractivity contribution in [2.24, 2.45) is 20.8 Å². The van der Waals surface area contributed by atoms with Gasteiger partial charge in [-0.15, -0.1) is 0 Å². The quantitative estimate of drug-likeness (QED) is 0.507. The Bertz CT molecular complexity index is 1160. The Kier molecular flexibility index (Phi) is 5.48. The van der Waals surface area contributed by atoms with Crippen molar-refractivity contribution in [3.63, 3.8) is 0 Å². The number of nitrogens with one attached hydrogen (secondary N) is 1. The van der Waals surface area contributed by atoms with Crippen LogP contribution in [-0.2, 0) is 0 Å². The van der Waals surface area contributed by atoms with Crippen LogP contribution in [0, 0.1) is 10.8 Å². The molecule has 2 aliphatic rings. The van der Waals surface area contributed by atoms with Crippen LogP contribution in [-0.4, -0.2) is 18.4 Å². The summed E-state index contributed by atoms with van der Waals surface area (Å²) in [6.45, 7) is 10.3. The molecule has 0 aromatic heterocycles. The van der Waals surface area contributed by atoms with Crippen molar-refractivity contribution in [2.75, 3.05) is 0 Å². The van der Waals surface area contributed by atoms with E-state index in [2.05, 4.69) is 81.5 Å². The summed E-state index contributed by atoms with van der Waals surface area (Å²) in [5, 5.41) is 3.50. The monoisotopic (exact) mass is 433 g/mol. The van der Waals surface area contributed by atoms with Gasteiger partial charge in [0.15, 0.2) is 12.9 Å². The van der Waals surface area contributed by atoms with Gasteiger partial charge in [0.1, 0.15) is 11.7 Å². The van der Waals surface area contributed by atoms with Crippen LogP contribution in [0.4, 0.5) is 0 Å². The van der Waals surface area contributed by atoms with Crippen LogP contribution in [0.3, 0.4) is 0 Å². The SMILES string of the molecule is CC1(C)CB(c2ccc(C3=NC(c4ccccc4)N=C(c4ccccc4)N3)cc2)CC1(C)C. The molecular weight excluding hydrogens is 401 g/mol. The summed E-state index contributed by atoms with van der Waals surface area (Å²) in [5.74, 6) is 1.73. The minimum Gasteiger partial charge on any atom is -0.324 e. The Morgan fingerprint density at radius 3 is 1.70 bits per heavy atom. The van der Waals surface area contributed by atoms with E-state index in [1.54, 1.807) is 0 Å². The Balaban J connectivity index is 1.45. The number of aliphatic imine (C=N–C) groups is 2. The average molecular weight is 433 g/mol. The predicted molar refractivity (Wildman–Crippen MR) is 141 cm³/mol. The molecule has 0 spiro atoms. The van der Waals surface area contributed by atoms with Gasteiger partial charge >= 0.3 is 0 Å². The topological polar surface area (TPSA) is 36.8 Å². The number of amidine groups is 2. The lowest BCUT2D eigenvalue weighted by atomic mass is 9.42. The highest BCUT2D eigenvalue weighted by atomic mass is 15.2. The molecule has 1 fully saturated rings. The standard InChI is InChI=1S/C29H32BN3/c1-28(2)19-30(20-29(28,3)4)24-17-15-23(16-18-24)27-32-25(21-11-7-5-8-12-21)31-26(33-27)22-13-9-6-10-14-22/h5-18,25H,19-20H2,1-4H3,(H,31,32,33). The van der Waals surface area contributed by atoms with E-state index >= 15 is 0 Å². The minimum absolute atomic E-state index is 0.256. The van der Waals surface area contributed by atoms with E-state index in [0.717, 1.165) is 28.4 Å². The molecule has 1 atom stereocenters. The summed E-state index contributed by atoms with van der Waals surface area (Å²) in [6, 6.07) is 29.6. The second-order valence-corrected chi connectivity index (χ2v) is 10.7. The number of hydrogen-bond donors (Lipinski definition) is 1. The average Bonchev–Trinajstić information content (AvgIpc) is 3.07. The molecule has 0 radical (unpaired) electrons. The highest BCUT2D eigenvalue weighted by Crippen LogP contribution is 2.52. The highest BCUT2D eigenvalue weighted by molar-refractivity contribution is 6.74. The summed E-state index contributed by atoms with van der Waals surface area (Å²) in [7, 11) is 0. The molecule has 5 rings (SSSR count). The molecule has 3 aromatic carbocycles. The predicted octanol–water partition coefficient (Wildman–Crippen LogP) is 5.95. The Morgan fingerprint density at radius 1 is 0.667 bits per heavy atom. The number of benzene rings is 3. The molecule has 3 aromatic rings. The number of rotatable bonds is 4. The van der Waals surface area contributed by atoms with Gasteiger partial charge in [-0.3, -0.25) is 0 Å². The van der Waals surface area contributed by atoms with E-state index < -0.39 is 0 Å². The van der Waals surface area contributed by atoms with Gasteiger partial charge in [-0.05, 0) is 16.4 Å². The second kappa shape index (κ2) is 8.33. The van der Waals surface area contributed by atoms with E-state index in [-0.39, 0.29) is 6.17 Å². The van der Waals surface area contributed by atoms with Crippen molar-refractivity contribution in [1.82, 2.24) is 5.32 Å². The highest BCUT2D eigenvalue weighted by Gasteiger charge is 2.47. The second-order valence-electron chi connectivity index (χ2n) is 10.7. The first kappa shape index (κ1) is 21.7. The lowest BCUT2D eigenvalue weighted by molar-refractivity contribution is 0.177. The molecular formula is C29H32BN3. The number of hydrogen-bond acceptors (Lipinski definition) is 3. The van der Waals surface area contributed by atoms with Gasteiger partial charge in [0.25, 0.3) is 0 Å². The van der Waals surface area contributed by atoms with Gasteiger partial charge in [0.05, 0.1) is 0 Å². The zero-order valence-corrected chi connectivity index (χ0v) is 20.0. The molecule has 0 saturated carbocycles. The molecule has 0 aliphatic carbocycles. The van der Waals surface area contributed by atoms with Crippen molar-refractivity contribution >= 4 is 23.8 Å². The lowest BCUT2D eigenvalue weighted by Gasteiger charge is -2.35. The minimum atomic E-state index is -0.256. The van der Waals surface area contributed by atoms with E-state index in [1.807, 2.05) is 36.4 Å². The molecule has 33 heavy (non-hydrogen) atoms. The molecule has 166 valence electrons. The first-order valence-electron chi connectivity index (χ1n) is 12.0. The normalized spacial score (nSPS) is 21.2. The summed E-state index contributed by atoms with van der Waals surface area (Å²) in [5.41, 5.74) is 5.41. The van der Waals surface area contributed by atoms with Crippen LogP contribution < -0.4 is 10.8 Å². The zero-order chi connectivity index (χ0) is 23.1. The van der Waals surface area contributed by atoms with Crippen LogP contribution >= 0.6 is 0 Å². The van der Waals surface area contributed by atoms with Gasteiger partial charge < -0.3 is 5.32 Å². The van der Waals surface area contributed by atoms with Crippen LogP contribution in [0.2, 0.25) is 12.6 Å². The van der Waals surface area contributed by atoms with Crippen molar-refractivity contribution < 1.29 is 0 Å². The Hall–Kier alpha value is -3.14. The molecule has 0 amide bonds. The van der Waals surface area contributed by atoms with Crippen molar-refractivity contribution in [1.29, 1.82) is 0 Å². The molecule has 1 N–H and O–H groups in total. The van der Waals surface area contributed by atoms with E-state index in [9.17, 15) is 0 Å². The first-order valence-corrected chi connectivity index (χ1v) is 12.0. The van der Waals surface area contributed by atoms with E-state index in [1.165, 1.54) is 18.1 Å². The summed E-state index contributed by atoms with van der Waals surface area (Å²) in [4.78, 5) is 9.92. The zero-order valence-electron chi connectivity index (χ0n) is 20.0. The molecule has 0 bridgehead atoms. The van der Waals surface area contributed by atoms with Gasteiger partial charge in [-0.1, -0.05) is 131 Å². The summed E-state index contributed by atoms with van der Waals surface area (Å²) < 4.78 is 0. The van der Waals surface area contributed by atoms with Crippen LogP contribution in [0.1, 0.15) is 50.6 Å². The summed E-state index contributed by atoms with van der Waals surface area (Å²) >= 11 is 0. The Labute approximate surface area is 198 Å². The number of nitrogens with zero attached hydrogens (tertiary/aromatic N) is 2. The fourth-order valence-corrected chi connectivity index (χ4v) is 5.12. The van der Waals surface area contributed by atoms with Crippen LogP contribution in [0.25, 0.3) is 0 Å². The summed E-state index contributed by atoms with van der Waals surface area (Å²) in [6.07, 6.45) is 2.22. The Morgan fingerprint density at radius 2 is 1.15 bits per heavy atom. The third kappa shape index (κ3) is 4.27. The molecule has 1 unspecified atom stereocenters. The van der Waals surface area contributed by atoms with Gasteiger partial charge in [-0.2, -0.15) is 0 Å². The fourth-order valence-electron chi connectivity index (χ4n) is 5.12. The van der Waals surface area contributed by atoms with E-state index in [4.69, 9.17) is 9.98 Å². The lowest BCUT2D eigenvalue weighted by Crippen LogP contribution is -2.36. The van der Waals surface area contributed by atoms with Crippen LogP contribution in [0.5, 0.6) is 0 Å². The van der Waals surface area contributed by atoms with Gasteiger partial charge in [0.2, 0.25) is 0 Å². The molecule has 1 saturated heterocycles. The van der Waals surface area contributed by atoms with Crippen molar-refractivity contribution in [3.05, 3.63) is 102 Å². The van der Waals surface area contributed by atoms with E-state index in [0.29, 0.717) is 17.5 Å². The molecule has 2 aliphatic heterocycles.